The first-order chi connectivity index (χ1) is 42.8. The fourth-order valence-electron chi connectivity index (χ4n) is 12.9. The van der Waals surface area contributed by atoms with Crippen LogP contribution in [0.2, 0.25) is 0 Å². The van der Waals surface area contributed by atoms with E-state index in [1.807, 2.05) is 0 Å². The van der Waals surface area contributed by atoms with E-state index in [2.05, 4.69) is 38.3 Å². The van der Waals surface area contributed by atoms with Gasteiger partial charge in [-0.1, -0.05) is 464 Å². The van der Waals surface area contributed by atoms with E-state index in [9.17, 15) is 0 Å². The minimum atomic E-state index is -4.67. The minimum Gasteiger partial charge on any atom is -0.317 e. The van der Waals surface area contributed by atoms with E-state index in [0.717, 1.165) is 0 Å². The molecule has 0 aliphatic carbocycles. The molecule has 0 aromatic rings. The van der Waals surface area contributed by atoms with E-state index in [0.29, 0.717) is 0 Å². The van der Waals surface area contributed by atoms with Gasteiger partial charge >= 0.3 is 10.4 Å². The molecule has 0 bridgehead atoms. The van der Waals surface area contributed by atoms with Gasteiger partial charge < -0.3 is 10.6 Å². The van der Waals surface area contributed by atoms with Crippen molar-refractivity contribution in [3.8, 4) is 0 Å². The van der Waals surface area contributed by atoms with E-state index < -0.39 is 10.4 Å². The van der Waals surface area contributed by atoms with E-state index in [1.165, 1.54) is 488 Å². The number of hydrogen-bond donors (Lipinski definition) is 4. The molecule has 0 aliphatic rings. The highest BCUT2D eigenvalue weighted by Gasteiger charge is 2.01. The first-order valence-electron chi connectivity index (χ1n) is 40.9. The summed E-state index contributed by atoms with van der Waals surface area (Å²) in [6.45, 7) is 14.2. The second-order valence-electron chi connectivity index (χ2n) is 28.0. The third-order valence-electron chi connectivity index (χ3n) is 18.8. The third-order valence-corrected chi connectivity index (χ3v) is 18.8. The van der Waals surface area contributed by atoms with Crippen molar-refractivity contribution in [2.75, 3.05) is 26.2 Å². The molecule has 0 spiro atoms. The minimum absolute atomic E-state index is 1.25. The second-order valence-corrected chi connectivity index (χ2v) is 28.9. The number of nitrogens with one attached hydrogen (secondary N) is 2. The lowest BCUT2D eigenvalue weighted by atomic mass is 10.0. The second kappa shape index (κ2) is 87.8. The van der Waals surface area contributed by atoms with Gasteiger partial charge in [-0.3, -0.25) is 9.11 Å². The Balaban J connectivity index is -0.00000150. The van der Waals surface area contributed by atoms with Crippen molar-refractivity contribution in [2.45, 2.75) is 490 Å². The van der Waals surface area contributed by atoms with Gasteiger partial charge in [-0.25, -0.2) is 0 Å². The lowest BCUT2D eigenvalue weighted by molar-refractivity contribution is 0.381. The Bertz CT molecular complexity index is 1070. The third kappa shape index (κ3) is 105. The zero-order valence-electron chi connectivity index (χ0n) is 60.9. The molecule has 0 saturated carbocycles. The fourth-order valence-corrected chi connectivity index (χ4v) is 12.9. The fraction of sp³-hybridized carbons (Fsp3) is 1.00. The van der Waals surface area contributed by atoms with Gasteiger partial charge in [0.2, 0.25) is 0 Å². The molecular weight excluding hydrogens is 1080 g/mol. The summed E-state index contributed by atoms with van der Waals surface area (Å²) in [5.74, 6) is 0. The Kier molecular flexibility index (Phi) is 91.9. The molecule has 0 aromatic carbocycles. The molecule has 6 nitrogen and oxygen atoms in total. The zero-order chi connectivity index (χ0) is 63.7. The van der Waals surface area contributed by atoms with Crippen LogP contribution in [0.25, 0.3) is 0 Å². The Morgan fingerprint density at radius 3 is 0.310 bits per heavy atom. The van der Waals surface area contributed by atoms with Crippen molar-refractivity contribution >= 4 is 10.4 Å². The molecule has 7 heteroatoms. The van der Waals surface area contributed by atoms with Crippen molar-refractivity contribution in [1.29, 1.82) is 0 Å². The monoisotopic (exact) mass is 1250 g/mol. The lowest BCUT2D eigenvalue weighted by Crippen LogP contribution is -2.16. The molecule has 87 heavy (non-hydrogen) atoms. The molecule has 0 amide bonds. The predicted octanol–water partition coefficient (Wildman–Crippen LogP) is 28.7. The first-order valence-corrected chi connectivity index (χ1v) is 42.3. The van der Waals surface area contributed by atoms with Crippen LogP contribution in [-0.2, 0) is 10.4 Å². The molecule has 0 aromatic heterocycles. The molecule has 0 aliphatic heterocycles. The summed E-state index contributed by atoms with van der Waals surface area (Å²) >= 11 is 0. The van der Waals surface area contributed by atoms with E-state index >= 15 is 0 Å². The van der Waals surface area contributed by atoms with Crippen LogP contribution in [0.1, 0.15) is 490 Å². The summed E-state index contributed by atoms with van der Waals surface area (Å²) < 4.78 is 31.6. The van der Waals surface area contributed by atoms with Crippen LogP contribution in [-0.4, -0.2) is 43.7 Å². The van der Waals surface area contributed by atoms with Gasteiger partial charge in [0.15, 0.2) is 0 Å². The van der Waals surface area contributed by atoms with Crippen molar-refractivity contribution < 1.29 is 17.5 Å². The molecule has 0 saturated heterocycles. The van der Waals surface area contributed by atoms with Crippen molar-refractivity contribution in [1.82, 2.24) is 10.6 Å². The molecule has 0 atom stereocenters. The molecule has 4 N–H and O–H groups in total. The van der Waals surface area contributed by atoms with Crippen LogP contribution >= 0.6 is 0 Å². The Hall–Kier alpha value is -0.210. The highest BCUT2D eigenvalue weighted by Crippen LogP contribution is 2.19. The summed E-state index contributed by atoms with van der Waals surface area (Å²) in [5, 5.41) is 7.39. The smallest absolute Gasteiger partial charge is 0.317 e. The van der Waals surface area contributed by atoms with Crippen LogP contribution in [0, 0.1) is 0 Å². The number of hydrogen-bond acceptors (Lipinski definition) is 4. The molecule has 0 radical (unpaired) electrons. The zero-order valence-corrected chi connectivity index (χ0v) is 61.7. The van der Waals surface area contributed by atoms with Crippen LogP contribution in [0.3, 0.4) is 0 Å². The standard InChI is InChI=1S/2C40H83N.H2O4S/c2*1-3-5-7-9-11-13-15-17-19-21-23-25-27-29-31-33-35-37-39-41-40-38-36-34-32-30-28-26-24-22-20-18-16-14-12-10-8-6-4-2;1-5(2,3)4/h2*41H,3-40H2,1-2H3;(H2,1,2,3,4). The highest BCUT2D eigenvalue weighted by molar-refractivity contribution is 7.79. The molecule has 0 heterocycles. The Labute approximate surface area is 551 Å². The summed E-state index contributed by atoms with van der Waals surface area (Å²) in [6, 6.07) is 0. The largest absolute Gasteiger partial charge is 0.394 e. The number of unbranched alkanes of at least 4 members (excludes halogenated alkanes) is 68. The van der Waals surface area contributed by atoms with Gasteiger partial charge in [0.05, 0.1) is 0 Å². The summed E-state index contributed by atoms with van der Waals surface area (Å²) in [5.41, 5.74) is 0. The summed E-state index contributed by atoms with van der Waals surface area (Å²) in [6.07, 6.45) is 105. The maximum Gasteiger partial charge on any atom is 0.394 e. The average molecular weight is 1250 g/mol. The molecular formula is C80H168N2O4S. The van der Waals surface area contributed by atoms with Crippen LogP contribution in [0.4, 0.5) is 0 Å². The summed E-state index contributed by atoms with van der Waals surface area (Å²) in [7, 11) is -4.67. The van der Waals surface area contributed by atoms with Crippen molar-refractivity contribution in [3.63, 3.8) is 0 Å². The number of rotatable bonds is 76. The van der Waals surface area contributed by atoms with E-state index in [1.54, 1.807) is 0 Å². The van der Waals surface area contributed by atoms with Gasteiger partial charge in [-0.2, -0.15) is 8.42 Å². The topological polar surface area (TPSA) is 98.7 Å². The van der Waals surface area contributed by atoms with E-state index in [4.69, 9.17) is 17.5 Å². The van der Waals surface area contributed by atoms with Crippen LogP contribution < -0.4 is 10.6 Å². The average Bonchev–Trinajstić information content (AvgIpc) is 3.50. The summed E-state index contributed by atoms with van der Waals surface area (Å²) in [4.78, 5) is 0. The Morgan fingerprint density at radius 2 is 0.230 bits per heavy atom. The maximum atomic E-state index is 8.74. The normalized spacial score (nSPS) is 11.6. The maximum absolute atomic E-state index is 8.74. The highest BCUT2D eigenvalue weighted by atomic mass is 32.3. The van der Waals surface area contributed by atoms with Gasteiger partial charge in [-0.05, 0) is 51.9 Å². The molecule has 0 rings (SSSR count). The first kappa shape index (κ1) is 91.0. The van der Waals surface area contributed by atoms with Gasteiger partial charge in [-0.15, -0.1) is 0 Å². The van der Waals surface area contributed by atoms with Crippen molar-refractivity contribution in [3.05, 3.63) is 0 Å². The van der Waals surface area contributed by atoms with Gasteiger partial charge in [0.1, 0.15) is 0 Å². The molecule has 0 fully saturated rings. The Morgan fingerprint density at radius 1 is 0.161 bits per heavy atom. The quantitative estimate of drug-likeness (QED) is 0.0358. The van der Waals surface area contributed by atoms with Crippen LogP contribution in [0.5, 0.6) is 0 Å². The van der Waals surface area contributed by atoms with Gasteiger partial charge in [0, 0.05) is 0 Å². The SMILES string of the molecule is CCCCCCCCCCCCCCCCCCCCNCCCCCCCCCCCCCCCCCCCC.CCCCCCCCCCCCCCCCCCCCNCCCCCCCCCCCCCCCCCCCC.O=S(=O)(O)O. The van der Waals surface area contributed by atoms with E-state index in [-0.39, 0.29) is 0 Å². The van der Waals surface area contributed by atoms with Crippen LogP contribution in [0.15, 0.2) is 0 Å². The molecule has 528 valence electrons. The molecule has 0 unspecified atom stereocenters. The van der Waals surface area contributed by atoms with Gasteiger partial charge in [0.25, 0.3) is 0 Å². The lowest BCUT2D eigenvalue weighted by Gasteiger charge is -2.06. The predicted molar refractivity (Wildman–Crippen MR) is 395 cm³/mol. The van der Waals surface area contributed by atoms with Crippen molar-refractivity contribution in [2.24, 2.45) is 0 Å².